The lowest BCUT2D eigenvalue weighted by molar-refractivity contribution is 0.245. The minimum atomic E-state index is 0.0991. The van der Waals surface area contributed by atoms with Gasteiger partial charge in [0.05, 0.1) is 38.9 Å². The molecule has 0 amide bonds. The van der Waals surface area contributed by atoms with Crippen LogP contribution in [0.15, 0.2) is 132 Å². The van der Waals surface area contributed by atoms with E-state index in [0.29, 0.717) is 65.0 Å². The van der Waals surface area contributed by atoms with E-state index in [-0.39, 0.29) is 21.7 Å². The topological polar surface area (TPSA) is 178 Å². The summed E-state index contributed by atoms with van der Waals surface area (Å²) >= 11 is 9.55. The number of phenolic OH excluding ortho intramolecular Hbond substituents is 2. The van der Waals surface area contributed by atoms with E-state index in [0.717, 1.165) is 78.6 Å². The van der Waals surface area contributed by atoms with E-state index in [1.54, 1.807) is 12.4 Å². The first-order valence-corrected chi connectivity index (χ1v) is 21.7. The molecule has 0 spiro atoms. The number of nitrogens with one attached hydrogen (secondary N) is 2. The van der Waals surface area contributed by atoms with Crippen LogP contribution < -0.4 is 41.3 Å². The summed E-state index contributed by atoms with van der Waals surface area (Å²) in [6.07, 6.45) is 6.25. The summed E-state index contributed by atoms with van der Waals surface area (Å²) in [6.45, 7) is 1.67. The largest absolute Gasteiger partial charge is 0.507 e. The number of phenols is 2. The highest BCUT2D eigenvalue weighted by Crippen LogP contribution is 2.38. The van der Waals surface area contributed by atoms with Gasteiger partial charge in [0.15, 0.2) is 10.2 Å². The van der Waals surface area contributed by atoms with Crippen LogP contribution in [0.3, 0.4) is 0 Å². The van der Waals surface area contributed by atoms with Gasteiger partial charge in [0.2, 0.25) is 0 Å². The SMILES string of the molecule is NC(=S)N/N=C/c1ccc(OCCCOc2c3cccc2Cc2cccc(c2O)Cc2cccc(c2OCCCOc2ccc(/C=N/NC(N)=S)cc2)Cc2cccc(c2O)C3)cc1. The van der Waals surface area contributed by atoms with Gasteiger partial charge in [-0.25, -0.2) is 0 Å². The van der Waals surface area contributed by atoms with E-state index in [4.69, 9.17) is 54.9 Å². The second-order valence-electron chi connectivity index (χ2n) is 15.1. The van der Waals surface area contributed by atoms with Crippen LogP contribution in [0.5, 0.6) is 34.5 Å². The van der Waals surface area contributed by atoms with Crippen LogP contribution in [0.25, 0.3) is 0 Å². The molecule has 1 aliphatic carbocycles. The minimum absolute atomic E-state index is 0.0991. The van der Waals surface area contributed by atoms with Crippen LogP contribution >= 0.6 is 24.4 Å². The second-order valence-corrected chi connectivity index (χ2v) is 16.0. The summed E-state index contributed by atoms with van der Waals surface area (Å²) < 4.78 is 25.2. The minimum Gasteiger partial charge on any atom is -0.507 e. The maximum absolute atomic E-state index is 11.8. The lowest BCUT2D eigenvalue weighted by atomic mass is 9.91. The first-order chi connectivity index (χ1) is 31.2. The van der Waals surface area contributed by atoms with Crippen LogP contribution in [0.4, 0.5) is 0 Å². The number of nitrogens with two attached hydrogens (primary N) is 2. The van der Waals surface area contributed by atoms with Gasteiger partial charge in [0.25, 0.3) is 0 Å². The van der Waals surface area contributed by atoms with E-state index in [1.165, 1.54) is 0 Å². The molecule has 0 radical (unpaired) electrons. The standard InChI is InChI=1S/C50H50N6O6S2/c51-49(63)55-53-31-33-15-19-43(20-16-33)59-23-5-25-61-47-39-11-3-13-41(47)29-37-9-2-10-38(46(37)58)30-42-14-4-12-40(28-36-8-1-7-35(27-39)45(36)57)48(42)62-26-6-24-60-44-21-17-34(18-22-44)32-54-56-50(52)64/h1-4,7-22,31-32,57-58H,5-6,23-30H2,(H3,51,55,63)(H3,52,56,64)/b53-31+,54-32+. The molecule has 64 heavy (non-hydrogen) atoms. The molecule has 0 unspecified atom stereocenters. The fraction of sp³-hybridized carbons (Fsp3) is 0.200. The summed E-state index contributed by atoms with van der Waals surface area (Å²) in [5, 5.41) is 31.8. The van der Waals surface area contributed by atoms with Crippen molar-refractivity contribution >= 4 is 47.1 Å². The normalized spacial score (nSPS) is 12.1. The number of hydrogen-bond donors (Lipinski definition) is 6. The van der Waals surface area contributed by atoms with Crippen molar-refractivity contribution in [1.82, 2.24) is 10.9 Å². The van der Waals surface area contributed by atoms with Gasteiger partial charge >= 0.3 is 0 Å². The van der Waals surface area contributed by atoms with Crippen LogP contribution in [0.2, 0.25) is 0 Å². The second kappa shape index (κ2) is 22.3. The number of ether oxygens (including phenoxy) is 4. The number of thiocarbonyl (C=S) groups is 2. The first-order valence-electron chi connectivity index (χ1n) is 20.9. The molecule has 6 aromatic carbocycles. The molecular formula is C50H50N6O6S2. The third-order valence-corrected chi connectivity index (χ3v) is 10.6. The molecule has 8 N–H and O–H groups in total. The molecule has 12 nitrogen and oxygen atoms in total. The number of hydrogen-bond acceptors (Lipinski definition) is 10. The predicted molar refractivity (Wildman–Crippen MR) is 259 cm³/mol. The summed E-state index contributed by atoms with van der Waals surface area (Å²) in [4.78, 5) is 0. The highest BCUT2D eigenvalue weighted by Gasteiger charge is 2.20. The van der Waals surface area contributed by atoms with Gasteiger partial charge in [-0.2, -0.15) is 10.2 Å². The summed E-state index contributed by atoms with van der Waals surface area (Å²) in [5.41, 5.74) is 24.5. The first kappa shape index (κ1) is 44.9. The average molecular weight is 895 g/mol. The van der Waals surface area contributed by atoms with Crippen molar-refractivity contribution in [3.05, 3.63) is 177 Å². The number of fused-ring (bicyclic) bond motifs is 8. The van der Waals surface area contributed by atoms with Crippen molar-refractivity contribution in [2.45, 2.75) is 38.5 Å². The Morgan fingerprint density at radius 2 is 0.766 bits per heavy atom. The molecule has 0 aromatic heterocycles. The van der Waals surface area contributed by atoms with Crippen molar-refractivity contribution in [1.29, 1.82) is 0 Å². The van der Waals surface area contributed by atoms with Crippen LogP contribution in [-0.4, -0.2) is 59.3 Å². The van der Waals surface area contributed by atoms with Gasteiger partial charge in [-0.15, -0.1) is 0 Å². The zero-order valence-electron chi connectivity index (χ0n) is 35.2. The number of aromatic hydroxyl groups is 2. The molecule has 7 rings (SSSR count). The van der Waals surface area contributed by atoms with Crippen molar-refractivity contribution in [3.8, 4) is 34.5 Å². The zero-order chi connectivity index (χ0) is 44.7. The maximum atomic E-state index is 11.8. The van der Waals surface area contributed by atoms with E-state index < -0.39 is 0 Å². The lowest BCUT2D eigenvalue weighted by Crippen LogP contribution is -2.23. The van der Waals surface area contributed by atoms with Crippen LogP contribution in [0.1, 0.15) is 68.5 Å². The van der Waals surface area contributed by atoms with Gasteiger partial charge in [-0.3, -0.25) is 10.9 Å². The zero-order valence-corrected chi connectivity index (χ0v) is 36.8. The number of nitrogens with zero attached hydrogens (tertiary/aromatic N) is 2. The molecule has 14 heteroatoms. The van der Waals surface area contributed by atoms with E-state index >= 15 is 0 Å². The molecule has 0 saturated heterocycles. The van der Waals surface area contributed by atoms with Crippen molar-refractivity contribution in [3.63, 3.8) is 0 Å². The Labute approximate surface area is 383 Å². The van der Waals surface area contributed by atoms with E-state index in [9.17, 15) is 10.2 Å². The number of hydrazone groups is 2. The smallest absolute Gasteiger partial charge is 0.184 e. The molecule has 8 bridgehead atoms. The van der Waals surface area contributed by atoms with Crippen LogP contribution in [0, 0.1) is 0 Å². The van der Waals surface area contributed by atoms with Gasteiger partial charge in [0.1, 0.15) is 34.5 Å². The van der Waals surface area contributed by atoms with Gasteiger partial charge in [-0.05, 0) is 129 Å². The van der Waals surface area contributed by atoms with Gasteiger partial charge < -0.3 is 40.6 Å². The molecule has 0 heterocycles. The quantitative estimate of drug-likeness (QED) is 0.0241. The Bertz CT molecular complexity index is 2360. The molecule has 0 saturated carbocycles. The Hall–Kier alpha value is -7.16. The van der Waals surface area contributed by atoms with E-state index in [2.05, 4.69) is 21.1 Å². The average Bonchev–Trinajstić information content (AvgIpc) is 3.28. The monoisotopic (exact) mass is 894 g/mol. The van der Waals surface area contributed by atoms with Crippen molar-refractivity contribution < 1.29 is 29.2 Å². The summed E-state index contributed by atoms with van der Waals surface area (Å²) in [7, 11) is 0. The molecule has 0 atom stereocenters. The Morgan fingerprint density at radius 3 is 1.08 bits per heavy atom. The highest BCUT2D eigenvalue weighted by molar-refractivity contribution is 7.80. The highest BCUT2D eigenvalue weighted by atomic mass is 32.1. The predicted octanol–water partition coefficient (Wildman–Crippen LogP) is 7.80. The fourth-order valence-electron chi connectivity index (χ4n) is 7.37. The fourth-order valence-corrected chi connectivity index (χ4v) is 7.48. The molecule has 0 fully saturated rings. The number of para-hydroxylation sites is 4. The van der Waals surface area contributed by atoms with Gasteiger partial charge in [0, 0.05) is 38.5 Å². The number of rotatable bonds is 16. The molecule has 0 aliphatic heterocycles. The Morgan fingerprint density at radius 1 is 0.469 bits per heavy atom. The Kier molecular flexibility index (Phi) is 15.6. The summed E-state index contributed by atoms with van der Waals surface area (Å²) in [5.74, 6) is 3.39. The third-order valence-electron chi connectivity index (χ3n) is 10.4. The molecule has 328 valence electrons. The van der Waals surface area contributed by atoms with Crippen molar-refractivity contribution in [2.75, 3.05) is 26.4 Å². The van der Waals surface area contributed by atoms with E-state index in [1.807, 2.05) is 121 Å². The van der Waals surface area contributed by atoms with Crippen LogP contribution in [-0.2, 0) is 25.7 Å². The number of benzene rings is 6. The lowest BCUT2D eigenvalue weighted by Gasteiger charge is -2.20. The third kappa shape index (κ3) is 12.5. The molecular weight excluding hydrogens is 845 g/mol. The maximum Gasteiger partial charge on any atom is 0.184 e. The van der Waals surface area contributed by atoms with Crippen molar-refractivity contribution in [2.24, 2.45) is 21.7 Å². The summed E-state index contributed by atoms with van der Waals surface area (Å²) in [6, 6.07) is 39.0. The molecule has 6 aromatic rings. The Balaban J connectivity index is 1.06. The molecule has 1 aliphatic rings. The van der Waals surface area contributed by atoms with Gasteiger partial charge in [-0.1, -0.05) is 72.8 Å².